The fourth-order valence-corrected chi connectivity index (χ4v) is 9.31. The summed E-state index contributed by atoms with van der Waals surface area (Å²) < 4.78 is 0. The predicted octanol–water partition coefficient (Wildman–Crippen LogP) is 17.0. The van der Waals surface area contributed by atoms with Crippen molar-refractivity contribution in [2.24, 2.45) is 0 Å². The van der Waals surface area contributed by atoms with Crippen LogP contribution in [0.1, 0.15) is 316 Å². The molecule has 0 radical (unpaired) electrons. The van der Waals surface area contributed by atoms with Crippen LogP contribution in [0, 0.1) is 0 Å². The first kappa shape index (κ1) is 63.8. The quantitative estimate of drug-likeness (QED) is 0.0308. The minimum Gasteiger partial charge on any atom is -0.394 e. The van der Waals surface area contributed by atoms with Crippen LogP contribution in [-0.2, 0) is 4.79 Å². The van der Waals surface area contributed by atoms with Crippen LogP contribution in [0.2, 0.25) is 0 Å². The Bertz CT molecular complexity index is 986. The lowest BCUT2D eigenvalue weighted by Crippen LogP contribution is -2.53. The first-order chi connectivity index (χ1) is 32.0. The number of aliphatic hydroxyl groups is 4. The molecule has 1 amide bonds. The summed E-state index contributed by atoms with van der Waals surface area (Å²) in [5, 5.41) is 43.9. The van der Waals surface area contributed by atoms with Gasteiger partial charge in [-0.15, -0.1) is 0 Å². The van der Waals surface area contributed by atoms with E-state index in [1.807, 2.05) is 0 Å². The highest BCUT2D eigenvalue weighted by molar-refractivity contribution is 5.80. The summed E-state index contributed by atoms with van der Waals surface area (Å²) in [5.74, 6) is -0.591. The van der Waals surface area contributed by atoms with E-state index in [1.165, 1.54) is 244 Å². The average molecular weight is 919 g/mol. The lowest BCUT2D eigenvalue weighted by atomic mass is 10.00. The first-order valence-electron chi connectivity index (χ1n) is 29.2. The minimum absolute atomic E-state index is 0.365. The summed E-state index contributed by atoms with van der Waals surface area (Å²) in [6.07, 6.45) is 65.5. The molecule has 0 fully saturated rings. The SMILES string of the molecule is CCCCCCCCCCCC/C=C/CC/C=C/CCCC(O)C(O)C(CO)NC(=O)C(O)CCCCCCCCCCCCCCCCCCCCCCCCCCCCCCCC. The highest BCUT2D eigenvalue weighted by atomic mass is 16.3. The van der Waals surface area contributed by atoms with Crippen molar-refractivity contribution in [1.82, 2.24) is 5.32 Å². The molecule has 0 aromatic heterocycles. The van der Waals surface area contributed by atoms with Gasteiger partial charge in [0, 0.05) is 0 Å². The second-order valence-electron chi connectivity index (χ2n) is 20.3. The molecule has 0 bridgehead atoms. The van der Waals surface area contributed by atoms with Crippen LogP contribution in [-0.4, -0.2) is 57.3 Å². The molecule has 0 rings (SSSR count). The molecule has 65 heavy (non-hydrogen) atoms. The summed E-state index contributed by atoms with van der Waals surface area (Å²) in [7, 11) is 0. The van der Waals surface area contributed by atoms with E-state index in [0.717, 1.165) is 38.5 Å². The third-order valence-corrected chi connectivity index (χ3v) is 13.9. The zero-order chi connectivity index (χ0) is 47.4. The number of nitrogens with one attached hydrogen (secondary N) is 1. The van der Waals surface area contributed by atoms with Crippen LogP contribution in [0.3, 0.4) is 0 Å². The molecule has 0 saturated heterocycles. The van der Waals surface area contributed by atoms with Gasteiger partial charge >= 0.3 is 0 Å². The van der Waals surface area contributed by atoms with Crippen molar-refractivity contribution in [3.05, 3.63) is 24.3 Å². The summed E-state index contributed by atoms with van der Waals surface area (Å²) in [6.45, 7) is 4.07. The molecule has 5 N–H and O–H groups in total. The minimum atomic E-state index is -1.29. The summed E-state index contributed by atoms with van der Waals surface area (Å²) in [6, 6.07) is -1.01. The maximum atomic E-state index is 12.6. The summed E-state index contributed by atoms with van der Waals surface area (Å²) in [4.78, 5) is 12.6. The summed E-state index contributed by atoms with van der Waals surface area (Å²) >= 11 is 0. The van der Waals surface area contributed by atoms with E-state index in [2.05, 4.69) is 43.5 Å². The largest absolute Gasteiger partial charge is 0.394 e. The number of aliphatic hydroxyl groups excluding tert-OH is 4. The molecule has 4 atom stereocenters. The third kappa shape index (κ3) is 47.6. The molecule has 6 nitrogen and oxygen atoms in total. The van der Waals surface area contributed by atoms with Gasteiger partial charge in [-0.25, -0.2) is 0 Å². The normalized spacial score (nSPS) is 13.9. The zero-order valence-corrected chi connectivity index (χ0v) is 43.8. The van der Waals surface area contributed by atoms with Crippen LogP contribution >= 0.6 is 0 Å². The Hall–Kier alpha value is -1.21. The fraction of sp³-hybridized carbons (Fsp3) is 0.915. The molecule has 0 aliphatic rings. The van der Waals surface area contributed by atoms with Gasteiger partial charge in [0.1, 0.15) is 12.2 Å². The molecule has 4 unspecified atom stereocenters. The van der Waals surface area contributed by atoms with Crippen LogP contribution in [0.15, 0.2) is 24.3 Å². The van der Waals surface area contributed by atoms with Gasteiger partial charge < -0.3 is 25.7 Å². The predicted molar refractivity (Wildman–Crippen MR) is 284 cm³/mol. The first-order valence-corrected chi connectivity index (χ1v) is 29.2. The monoisotopic (exact) mass is 918 g/mol. The van der Waals surface area contributed by atoms with Crippen LogP contribution in [0.5, 0.6) is 0 Å². The van der Waals surface area contributed by atoms with Gasteiger partial charge in [0.2, 0.25) is 5.91 Å². The molecule has 386 valence electrons. The molecule has 0 aliphatic carbocycles. The van der Waals surface area contributed by atoms with Gasteiger partial charge in [-0.05, 0) is 51.4 Å². The molecular formula is C59H115NO5. The van der Waals surface area contributed by atoms with Gasteiger partial charge in [0.25, 0.3) is 0 Å². The smallest absolute Gasteiger partial charge is 0.249 e. The second kappa shape index (κ2) is 53.7. The molecule has 0 aliphatic heterocycles. The molecule has 0 aromatic rings. The Morgan fingerprint density at radius 1 is 0.369 bits per heavy atom. The van der Waals surface area contributed by atoms with Crippen molar-refractivity contribution in [1.29, 1.82) is 0 Å². The molecule has 0 saturated carbocycles. The molecule has 0 spiro atoms. The second-order valence-corrected chi connectivity index (χ2v) is 20.3. The van der Waals surface area contributed by atoms with Crippen molar-refractivity contribution in [3.8, 4) is 0 Å². The van der Waals surface area contributed by atoms with Crippen molar-refractivity contribution in [3.63, 3.8) is 0 Å². The van der Waals surface area contributed by atoms with Crippen LogP contribution in [0.4, 0.5) is 0 Å². The lowest BCUT2D eigenvalue weighted by molar-refractivity contribution is -0.132. The van der Waals surface area contributed by atoms with Crippen molar-refractivity contribution >= 4 is 5.91 Å². The van der Waals surface area contributed by atoms with E-state index in [9.17, 15) is 25.2 Å². The van der Waals surface area contributed by atoms with Gasteiger partial charge in [-0.1, -0.05) is 289 Å². The number of carbonyl (C=O) groups is 1. The Kier molecular flexibility index (Phi) is 52.7. The number of unbranched alkanes of at least 4 members (excludes halogenated alkanes) is 41. The average Bonchev–Trinajstić information content (AvgIpc) is 3.31. The summed E-state index contributed by atoms with van der Waals surface area (Å²) in [5.41, 5.74) is 0. The standard InChI is InChI=1S/C59H115NO5/c1-3-5-7-9-11-13-15-17-19-21-23-24-25-26-27-28-29-30-31-32-33-35-37-39-41-43-45-47-49-51-53-57(63)59(65)60-55(54-61)58(64)56(62)52-50-48-46-44-42-40-38-36-34-22-20-18-16-14-12-10-8-6-4-2/h36,38,44,46,55-58,61-64H,3-35,37,39-43,45,47-54H2,1-2H3,(H,60,65)/b38-36+,46-44+. The van der Waals surface area contributed by atoms with Gasteiger partial charge in [-0.2, -0.15) is 0 Å². The highest BCUT2D eigenvalue weighted by Crippen LogP contribution is 2.18. The number of amides is 1. The number of allylic oxidation sites excluding steroid dienone is 4. The van der Waals surface area contributed by atoms with E-state index in [0.29, 0.717) is 19.3 Å². The van der Waals surface area contributed by atoms with E-state index < -0.39 is 36.9 Å². The highest BCUT2D eigenvalue weighted by Gasteiger charge is 2.28. The van der Waals surface area contributed by atoms with E-state index >= 15 is 0 Å². The Balaban J connectivity index is 3.60. The molecule has 0 heterocycles. The topological polar surface area (TPSA) is 110 Å². The zero-order valence-electron chi connectivity index (χ0n) is 43.8. The van der Waals surface area contributed by atoms with E-state index in [4.69, 9.17) is 0 Å². The Labute approximate surface area is 405 Å². The Morgan fingerprint density at radius 3 is 0.969 bits per heavy atom. The molecule has 0 aromatic carbocycles. The van der Waals surface area contributed by atoms with Gasteiger partial charge in [0.15, 0.2) is 0 Å². The van der Waals surface area contributed by atoms with Crippen molar-refractivity contribution in [2.45, 2.75) is 340 Å². The van der Waals surface area contributed by atoms with Crippen LogP contribution < -0.4 is 5.32 Å². The Morgan fingerprint density at radius 2 is 0.646 bits per heavy atom. The third-order valence-electron chi connectivity index (χ3n) is 13.9. The molecule has 6 heteroatoms. The maximum absolute atomic E-state index is 12.6. The number of hydrogen-bond acceptors (Lipinski definition) is 5. The number of rotatable bonds is 54. The lowest BCUT2D eigenvalue weighted by Gasteiger charge is -2.27. The number of hydrogen-bond donors (Lipinski definition) is 5. The van der Waals surface area contributed by atoms with E-state index in [-0.39, 0.29) is 0 Å². The maximum Gasteiger partial charge on any atom is 0.249 e. The van der Waals surface area contributed by atoms with Crippen molar-refractivity contribution < 1.29 is 25.2 Å². The van der Waals surface area contributed by atoms with Crippen molar-refractivity contribution in [2.75, 3.05) is 6.61 Å². The van der Waals surface area contributed by atoms with Gasteiger partial charge in [-0.3, -0.25) is 4.79 Å². The fourth-order valence-electron chi connectivity index (χ4n) is 9.31. The molecular weight excluding hydrogens is 803 g/mol. The van der Waals surface area contributed by atoms with Crippen LogP contribution in [0.25, 0.3) is 0 Å². The van der Waals surface area contributed by atoms with E-state index in [1.54, 1.807) is 0 Å². The van der Waals surface area contributed by atoms with Gasteiger partial charge in [0.05, 0.1) is 18.8 Å². The number of carbonyl (C=O) groups excluding carboxylic acids is 1.